The molecule has 0 aliphatic carbocycles. The minimum Gasteiger partial charge on any atom is -0.383 e. The molecule has 0 saturated heterocycles. The number of anilines is 1. The van der Waals surface area contributed by atoms with Gasteiger partial charge in [-0.25, -0.2) is 0 Å². The third-order valence-electron chi connectivity index (χ3n) is 1.74. The first-order chi connectivity index (χ1) is 7.63. The molecule has 1 aromatic heterocycles. The summed E-state index contributed by atoms with van der Waals surface area (Å²) < 4.78 is 5.51. The van der Waals surface area contributed by atoms with Crippen molar-refractivity contribution in [2.45, 2.75) is 13.0 Å². The number of carbonyl (C=O) groups is 1. The largest absolute Gasteiger partial charge is 0.383 e. The lowest BCUT2D eigenvalue weighted by Gasteiger charge is -2.12. The summed E-state index contributed by atoms with van der Waals surface area (Å²) in [6.07, 6.45) is 0. The van der Waals surface area contributed by atoms with E-state index in [2.05, 4.69) is 36.8 Å². The second-order valence-electron chi connectivity index (χ2n) is 3.01. The van der Waals surface area contributed by atoms with E-state index in [4.69, 9.17) is 4.74 Å². The van der Waals surface area contributed by atoms with Crippen molar-refractivity contribution in [1.82, 2.24) is 15.5 Å². The van der Waals surface area contributed by atoms with E-state index in [9.17, 15) is 4.79 Å². The molecule has 0 radical (unpaired) electrons. The van der Waals surface area contributed by atoms with Crippen LogP contribution in [0.15, 0.2) is 3.92 Å². The van der Waals surface area contributed by atoms with Gasteiger partial charge in [0.2, 0.25) is 11.0 Å². The van der Waals surface area contributed by atoms with Crippen molar-refractivity contribution < 1.29 is 9.53 Å². The third-order valence-corrected chi connectivity index (χ3v) is 3.03. The average molecular weight is 309 g/mol. The maximum Gasteiger partial charge on any atom is 0.242 e. The number of ether oxygens (including phenoxy) is 1. The van der Waals surface area contributed by atoms with E-state index in [1.807, 2.05) is 0 Å². The number of nitrogens with one attached hydrogen (secondary N) is 2. The van der Waals surface area contributed by atoms with Gasteiger partial charge in [-0.2, -0.15) is 0 Å². The lowest BCUT2D eigenvalue weighted by atomic mass is 10.3. The molecule has 1 aromatic rings. The fourth-order valence-corrected chi connectivity index (χ4v) is 2.04. The molecule has 8 heteroatoms. The Labute approximate surface area is 106 Å². The highest BCUT2D eigenvalue weighted by molar-refractivity contribution is 9.11. The molecule has 90 valence electrons. The summed E-state index contributed by atoms with van der Waals surface area (Å²) in [5.74, 6) is -0.0941. The minimum absolute atomic E-state index is 0.0941. The molecule has 0 aromatic carbocycles. The molecule has 1 unspecified atom stereocenters. The van der Waals surface area contributed by atoms with Crippen molar-refractivity contribution in [2.75, 3.05) is 25.6 Å². The minimum atomic E-state index is -0.350. The van der Waals surface area contributed by atoms with Crippen LogP contribution < -0.4 is 10.6 Å². The summed E-state index contributed by atoms with van der Waals surface area (Å²) in [7, 11) is 1.59. The topological polar surface area (TPSA) is 76.1 Å². The Balaban J connectivity index is 2.34. The van der Waals surface area contributed by atoms with E-state index in [0.29, 0.717) is 22.2 Å². The Morgan fingerprint density at radius 1 is 1.62 bits per heavy atom. The summed E-state index contributed by atoms with van der Waals surface area (Å²) in [5.41, 5.74) is 0. The molecule has 0 saturated carbocycles. The Kier molecular flexibility index (Phi) is 5.64. The Hall–Kier alpha value is -0.730. The zero-order valence-corrected chi connectivity index (χ0v) is 11.4. The molecule has 0 aliphatic rings. The van der Waals surface area contributed by atoms with Crippen LogP contribution in [0.1, 0.15) is 6.92 Å². The normalized spacial score (nSPS) is 12.2. The van der Waals surface area contributed by atoms with Gasteiger partial charge in [0, 0.05) is 13.7 Å². The number of amides is 1. The maximum absolute atomic E-state index is 11.5. The SMILES string of the molecule is COCCNC(=O)C(C)Nc1nnc(Br)s1. The predicted molar refractivity (Wildman–Crippen MR) is 65.6 cm³/mol. The number of nitrogens with zero attached hydrogens (tertiary/aromatic N) is 2. The fourth-order valence-electron chi connectivity index (χ4n) is 0.944. The number of methoxy groups -OCH3 is 1. The predicted octanol–water partition coefficient (Wildman–Crippen LogP) is 0.864. The van der Waals surface area contributed by atoms with Crippen molar-refractivity contribution in [3.05, 3.63) is 3.92 Å². The van der Waals surface area contributed by atoms with Gasteiger partial charge in [0.1, 0.15) is 6.04 Å². The van der Waals surface area contributed by atoms with Crippen LogP contribution >= 0.6 is 27.3 Å². The van der Waals surface area contributed by atoms with Crippen LogP contribution in [-0.4, -0.2) is 42.4 Å². The second kappa shape index (κ2) is 6.77. The summed E-state index contributed by atoms with van der Waals surface area (Å²) in [4.78, 5) is 11.5. The lowest BCUT2D eigenvalue weighted by Crippen LogP contribution is -2.39. The van der Waals surface area contributed by atoms with E-state index >= 15 is 0 Å². The van der Waals surface area contributed by atoms with Crippen LogP contribution in [0.3, 0.4) is 0 Å². The van der Waals surface area contributed by atoms with Gasteiger partial charge in [-0.3, -0.25) is 4.79 Å². The average Bonchev–Trinajstić information content (AvgIpc) is 2.64. The fraction of sp³-hybridized carbons (Fsp3) is 0.625. The molecule has 1 atom stereocenters. The lowest BCUT2D eigenvalue weighted by molar-refractivity contribution is -0.121. The van der Waals surface area contributed by atoms with Crippen molar-refractivity contribution in [3.8, 4) is 0 Å². The van der Waals surface area contributed by atoms with Gasteiger partial charge in [0.15, 0.2) is 3.92 Å². The van der Waals surface area contributed by atoms with E-state index in [-0.39, 0.29) is 11.9 Å². The van der Waals surface area contributed by atoms with Gasteiger partial charge < -0.3 is 15.4 Å². The van der Waals surface area contributed by atoms with Crippen LogP contribution in [0.5, 0.6) is 0 Å². The monoisotopic (exact) mass is 308 g/mol. The Morgan fingerprint density at radius 3 is 2.94 bits per heavy atom. The molecule has 6 nitrogen and oxygen atoms in total. The van der Waals surface area contributed by atoms with Crippen LogP contribution in [-0.2, 0) is 9.53 Å². The highest BCUT2D eigenvalue weighted by Gasteiger charge is 2.13. The van der Waals surface area contributed by atoms with Gasteiger partial charge in [-0.1, -0.05) is 11.3 Å². The summed E-state index contributed by atoms with van der Waals surface area (Å²) >= 11 is 4.54. The molecule has 0 bridgehead atoms. The van der Waals surface area contributed by atoms with E-state index in [1.54, 1.807) is 14.0 Å². The number of aromatic nitrogens is 2. The number of carbonyl (C=O) groups excluding carboxylic acids is 1. The molecule has 16 heavy (non-hydrogen) atoms. The van der Waals surface area contributed by atoms with Gasteiger partial charge in [-0.15, -0.1) is 10.2 Å². The van der Waals surface area contributed by atoms with Crippen molar-refractivity contribution in [3.63, 3.8) is 0 Å². The number of hydrogen-bond acceptors (Lipinski definition) is 6. The van der Waals surface area contributed by atoms with Crippen LogP contribution in [0.2, 0.25) is 0 Å². The zero-order chi connectivity index (χ0) is 12.0. The zero-order valence-electron chi connectivity index (χ0n) is 8.99. The summed E-state index contributed by atoms with van der Waals surface area (Å²) in [6, 6.07) is -0.350. The number of rotatable bonds is 6. The smallest absolute Gasteiger partial charge is 0.242 e. The van der Waals surface area contributed by atoms with E-state index < -0.39 is 0 Å². The molecular weight excluding hydrogens is 296 g/mol. The number of halogens is 1. The first-order valence-corrected chi connectivity index (χ1v) is 6.26. The van der Waals surface area contributed by atoms with Crippen LogP contribution in [0.25, 0.3) is 0 Å². The molecule has 2 N–H and O–H groups in total. The molecular formula is C8H13BrN4O2S. The van der Waals surface area contributed by atoms with Crippen molar-refractivity contribution in [2.24, 2.45) is 0 Å². The first kappa shape index (κ1) is 13.3. The quantitative estimate of drug-likeness (QED) is 0.762. The molecule has 1 heterocycles. The highest BCUT2D eigenvalue weighted by atomic mass is 79.9. The second-order valence-corrected chi connectivity index (χ2v) is 5.26. The summed E-state index contributed by atoms with van der Waals surface area (Å²) in [6.45, 7) is 2.77. The van der Waals surface area contributed by atoms with Gasteiger partial charge in [-0.05, 0) is 22.9 Å². The van der Waals surface area contributed by atoms with Crippen molar-refractivity contribution in [1.29, 1.82) is 0 Å². The number of hydrogen-bond donors (Lipinski definition) is 2. The van der Waals surface area contributed by atoms with E-state index in [1.165, 1.54) is 11.3 Å². The summed E-state index contributed by atoms with van der Waals surface area (Å²) in [5, 5.41) is 13.9. The molecule has 1 rings (SSSR count). The van der Waals surface area contributed by atoms with Gasteiger partial charge in [0.25, 0.3) is 0 Å². The van der Waals surface area contributed by atoms with E-state index in [0.717, 1.165) is 0 Å². The van der Waals surface area contributed by atoms with Crippen LogP contribution in [0, 0.1) is 0 Å². The molecule has 0 fully saturated rings. The maximum atomic E-state index is 11.5. The Morgan fingerprint density at radius 2 is 2.38 bits per heavy atom. The highest BCUT2D eigenvalue weighted by Crippen LogP contribution is 2.20. The van der Waals surface area contributed by atoms with Gasteiger partial charge >= 0.3 is 0 Å². The third kappa shape index (κ3) is 4.42. The van der Waals surface area contributed by atoms with Crippen LogP contribution in [0.4, 0.5) is 5.13 Å². The van der Waals surface area contributed by atoms with Gasteiger partial charge in [0.05, 0.1) is 6.61 Å². The standard InChI is InChI=1S/C8H13BrN4O2S/c1-5(6(14)10-3-4-15-2)11-8-13-12-7(9)16-8/h5H,3-4H2,1-2H3,(H,10,14)(H,11,13). The first-order valence-electron chi connectivity index (χ1n) is 4.65. The molecule has 1 amide bonds. The Bertz CT molecular complexity index is 347. The molecule has 0 spiro atoms. The van der Waals surface area contributed by atoms with Crippen molar-refractivity contribution >= 4 is 38.3 Å². The molecule has 0 aliphatic heterocycles.